The fourth-order valence-electron chi connectivity index (χ4n) is 6.53. The lowest BCUT2D eigenvalue weighted by Gasteiger charge is -2.43. The van der Waals surface area contributed by atoms with Crippen molar-refractivity contribution in [1.82, 2.24) is 30.0 Å². The zero-order valence-corrected chi connectivity index (χ0v) is 33.3. The van der Waals surface area contributed by atoms with Gasteiger partial charge in [-0.1, -0.05) is 64.6 Å². The summed E-state index contributed by atoms with van der Waals surface area (Å²) in [6.45, 7) is 23.7. The molecule has 1 saturated heterocycles. The highest BCUT2D eigenvalue weighted by Crippen LogP contribution is 2.44. The topological polar surface area (TPSA) is 93.1 Å². The molecule has 1 aromatic heterocycles. The Morgan fingerprint density at radius 1 is 1.18 bits per heavy atom. The number of ether oxygens (including phenoxy) is 3. The van der Waals surface area contributed by atoms with E-state index in [-0.39, 0.29) is 29.8 Å². The van der Waals surface area contributed by atoms with E-state index in [1.165, 1.54) is 5.56 Å². The standard InChI is InChI=1S/C36H51ClN6O3.C2H6O.C2H6/c1-8-35(5,6)46-34(44)43-17-15-42(16-18-43)33-28-12-11-27(37)21-29(28)26(19-25(4)32(33)39-10-3)20-30(31-22-38-23-41(31)7)40-24-45-36(9-2)13-14-36;1-3-2;1-2/h10-12,19,21-23,30,32-33,39-40H,3-4,8-9,13-18,20,24H2,1-2,5-7H3;1-2H3;1-2H3. The zero-order valence-electron chi connectivity index (χ0n) is 32.6. The van der Waals surface area contributed by atoms with Crippen molar-refractivity contribution in [2.75, 3.05) is 47.1 Å². The van der Waals surface area contributed by atoms with Crippen LogP contribution in [-0.2, 0) is 21.3 Å². The van der Waals surface area contributed by atoms with Crippen molar-refractivity contribution in [3.8, 4) is 0 Å². The van der Waals surface area contributed by atoms with Crippen LogP contribution in [0.3, 0.4) is 0 Å². The second kappa shape index (κ2) is 19.6. The number of nitrogens with zero attached hydrogens (tertiary/aromatic N) is 4. The summed E-state index contributed by atoms with van der Waals surface area (Å²) < 4.78 is 18.4. The molecule has 11 heteroatoms. The van der Waals surface area contributed by atoms with E-state index in [1.54, 1.807) is 20.4 Å². The minimum atomic E-state index is -0.490. The number of fused-ring (bicyclic) bond motifs is 1. The van der Waals surface area contributed by atoms with Gasteiger partial charge in [-0.15, -0.1) is 0 Å². The third-order valence-electron chi connectivity index (χ3n) is 10.0. The number of hydrogen-bond acceptors (Lipinski definition) is 8. The second-order valence-electron chi connectivity index (χ2n) is 13.9. The minimum absolute atomic E-state index is 0.0176. The van der Waals surface area contributed by atoms with Gasteiger partial charge in [0.15, 0.2) is 0 Å². The van der Waals surface area contributed by atoms with Gasteiger partial charge in [-0.3, -0.25) is 10.2 Å². The molecule has 2 aromatic rings. The van der Waals surface area contributed by atoms with Crippen LogP contribution < -0.4 is 10.6 Å². The Hall–Kier alpha value is -3.15. The number of piperazine rings is 1. The molecule has 10 nitrogen and oxygen atoms in total. The number of amides is 1. The number of aromatic nitrogens is 2. The highest BCUT2D eigenvalue weighted by Gasteiger charge is 2.42. The maximum Gasteiger partial charge on any atom is 0.410 e. The minimum Gasteiger partial charge on any atom is -0.443 e. The second-order valence-corrected chi connectivity index (χ2v) is 14.3. The summed E-state index contributed by atoms with van der Waals surface area (Å²) in [6, 6.07) is 5.96. The van der Waals surface area contributed by atoms with Gasteiger partial charge < -0.3 is 29.0 Å². The third kappa shape index (κ3) is 11.2. The van der Waals surface area contributed by atoms with Crippen molar-refractivity contribution in [2.45, 2.75) is 103 Å². The fraction of sp³-hybridized carbons (Fsp3) is 0.600. The van der Waals surface area contributed by atoms with Crippen molar-refractivity contribution in [2.24, 2.45) is 7.05 Å². The Kier molecular flexibility index (Phi) is 16.3. The summed E-state index contributed by atoms with van der Waals surface area (Å²) in [4.78, 5) is 21.7. The van der Waals surface area contributed by atoms with Gasteiger partial charge in [0.2, 0.25) is 0 Å². The first-order valence-corrected chi connectivity index (χ1v) is 18.8. The van der Waals surface area contributed by atoms with Crippen LogP contribution in [0.1, 0.15) is 103 Å². The number of aryl methyl sites for hydroxylation is 1. The summed E-state index contributed by atoms with van der Waals surface area (Å²) in [5.74, 6) is 0. The lowest BCUT2D eigenvalue weighted by atomic mass is 9.89. The molecular weight excluding hydrogens is 664 g/mol. The lowest BCUT2D eigenvalue weighted by Crippen LogP contribution is -2.54. The fourth-order valence-corrected chi connectivity index (χ4v) is 6.71. The summed E-state index contributed by atoms with van der Waals surface area (Å²) in [5.41, 5.74) is 4.97. The number of carbonyl (C=O) groups is 1. The molecule has 1 saturated carbocycles. The first-order valence-electron chi connectivity index (χ1n) is 18.4. The predicted octanol–water partition coefficient (Wildman–Crippen LogP) is 8.04. The normalized spacial score (nSPS) is 20.3. The Morgan fingerprint density at radius 2 is 1.84 bits per heavy atom. The molecule has 0 bridgehead atoms. The molecule has 2 N–H and O–H groups in total. The largest absolute Gasteiger partial charge is 0.443 e. The van der Waals surface area contributed by atoms with E-state index >= 15 is 0 Å². The number of hydrogen-bond donors (Lipinski definition) is 2. The van der Waals surface area contributed by atoms with Gasteiger partial charge in [-0.25, -0.2) is 9.78 Å². The number of nitrogens with one attached hydrogen (secondary N) is 2. The number of methoxy groups -OCH3 is 1. The molecular formula is C40H63ClN6O4. The third-order valence-corrected chi connectivity index (χ3v) is 10.3. The number of halogens is 1. The molecule has 2 heterocycles. The van der Waals surface area contributed by atoms with Crippen LogP contribution in [-0.4, -0.2) is 89.8 Å². The predicted molar refractivity (Wildman–Crippen MR) is 209 cm³/mol. The van der Waals surface area contributed by atoms with E-state index in [2.05, 4.69) is 68.1 Å². The summed E-state index contributed by atoms with van der Waals surface area (Å²) in [5, 5.41) is 7.89. The van der Waals surface area contributed by atoms with Gasteiger partial charge in [-0.05, 0) is 86.6 Å². The van der Waals surface area contributed by atoms with Crippen LogP contribution in [0.2, 0.25) is 5.02 Å². The molecule has 3 atom stereocenters. The highest BCUT2D eigenvalue weighted by molar-refractivity contribution is 6.30. The Labute approximate surface area is 312 Å². The maximum absolute atomic E-state index is 13.0. The number of benzene rings is 1. The Bertz CT molecular complexity index is 1460. The van der Waals surface area contributed by atoms with Gasteiger partial charge in [-0.2, -0.15) is 0 Å². The first kappa shape index (κ1) is 42.3. The van der Waals surface area contributed by atoms with Crippen molar-refractivity contribution < 1.29 is 19.0 Å². The van der Waals surface area contributed by atoms with Crippen molar-refractivity contribution >= 4 is 23.3 Å². The summed E-state index contributed by atoms with van der Waals surface area (Å²) in [6.07, 6.45) is 12.2. The van der Waals surface area contributed by atoms with E-state index in [0.29, 0.717) is 44.4 Å². The number of carbonyl (C=O) groups excluding carboxylic acids is 1. The molecule has 284 valence electrons. The van der Waals surface area contributed by atoms with Crippen LogP contribution in [0.4, 0.5) is 4.79 Å². The lowest BCUT2D eigenvalue weighted by molar-refractivity contribution is -0.00170. The molecule has 1 aliphatic heterocycles. The monoisotopic (exact) mass is 726 g/mol. The van der Waals surface area contributed by atoms with Crippen molar-refractivity contribution in [3.05, 3.63) is 83.6 Å². The molecule has 3 aliphatic rings. The summed E-state index contributed by atoms with van der Waals surface area (Å²) in [7, 11) is 5.27. The van der Waals surface area contributed by atoms with E-state index in [9.17, 15) is 4.79 Å². The molecule has 1 aromatic carbocycles. The molecule has 2 fully saturated rings. The number of imidazole rings is 1. The molecule has 0 spiro atoms. The van der Waals surface area contributed by atoms with Gasteiger partial charge in [0.1, 0.15) is 5.60 Å². The van der Waals surface area contributed by atoms with Crippen LogP contribution in [0.15, 0.2) is 61.7 Å². The Morgan fingerprint density at radius 3 is 2.39 bits per heavy atom. The highest BCUT2D eigenvalue weighted by atomic mass is 35.5. The van der Waals surface area contributed by atoms with Crippen LogP contribution in [0.25, 0.3) is 5.57 Å². The quantitative estimate of drug-likeness (QED) is 0.201. The SMILES string of the molecule is C=CNC1C(=C)C=C(CC(NCOC2(CC)CC2)c2cncn2C)c2cc(Cl)ccc2C1N1CCN(C(=O)OC(C)(C)CC)CC1.CC.COC. The smallest absolute Gasteiger partial charge is 0.410 e. The van der Waals surface area contributed by atoms with Crippen molar-refractivity contribution in [1.29, 1.82) is 0 Å². The van der Waals surface area contributed by atoms with Crippen LogP contribution >= 0.6 is 11.6 Å². The van der Waals surface area contributed by atoms with Gasteiger partial charge >= 0.3 is 6.09 Å². The first-order chi connectivity index (χ1) is 24.4. The molecule has 51 heavy (non-hydrogen) atoms. The molecule has 1 amide bonds. The van der Waals surface area contributed by atoms with Crippen LogP contribution in [0, 0.1) is 0 Å². The molecule has 2 aliphatic carbocycles. The zero-order chi connectivity index (χ0) is 37.8. The van der Waals surface area contributed by atoms with Gasteiger partial charge in [0, 0.05) is 58.7 Å². The van der Waals surface area contributed by atoms with Gasteiger partial charge in [0.25, 0.3) is 0 Å². The Balaban J connectivity index is 0.00000133. The molecule has 0 radical (unpaired) electrons. The van der Waals surface area contributed by atoms with Gasteiger partial charge in [0.05, 0.1) is 42.5 Å². The van der Waals surface area contributed by atoms with Crippen LogP contribution in [0.5, 0.6) is 0 Å². The average Bonchev–Trinajstić information content (AvgIpc) is 3.80. The van der Waals surface area contributed by atoms with Crippen molar-refractivity contribution in [3.63, 3.8) is 0 Å². The summed E-state index contributed by atoms with van der Waals surface area (Å²) >= 11 is 6.70. The number of rotatable bonds is 13. The average molecular weight is 727 g/mol. The van der Waals surface area contributed by atoms with E-state index in [4.69, 9.17) is 21.1 Å². The van der Waals surface area contributed by atoms with E-state index in [0.717, 1.165) is 48.1 Å². The van der Waals surface area contributed by atoms with E-state index < -0.39 is 5.60 Å². The maximum atomic E-state index is 13.0. The van der Waals surface area contributed by atoms with E-state index in [1.807, 2.05) is 65.2 Å². The molecule has 5 rings (SSSR count). The molecule has 3 unspecified atom stereocenters.